The monoisotopic (exact) mass is 347 g/mol. The lowest BCUT2D eigenvalue weighted by Crippen LogP contribution is -2.38. The fourth-order valence-electron chi connectivity index (χ4n) is 1.21. The van der Waals surface area contributed by atoms with Crippen molar-refractivity contribution in [3.8, 4) is 0 Å². The van der Waals surface area contributed by atoms with E-state index in [4.69, 9.17) is 9.84 Å². The predicted molar refractivity (Wildman–Crippen MR) is 76.3 cm³/mol. The number of amides is 1. The third kappa shape index (κ3) is 6.09. The van der Waals surface area contributed by atoms with Gasteiger partial charge < -0.3 is 15.2 Å². The van der Waals surface area contributed by atoms with Crippen LogP contribution in [0.4, 0.5) is 0 Å². The number of hydrogen-bond acceptors (Lipinski definition) is 4. The molecule has 0 bridgehead atoms. The first-order valence-corrected chi connectivity index (χ1v) is 7.21. The van der Waals surface area contributed by atoms with Crippen LogP contribution in [0, 0.1) is 0 Å². The van der Waals surface area contributed by atoms with E-state index in [0.29, 0.717) is 0 Å². The van der Waals surface area contributed by atoms with Gasteiger partial charge in [0.05, 0.1) is 12.3 Å². The van der Waals surface area contributed by atoms with Gasteiger partial charge in [0, 0.05) is 16.5 Å². The minimum absolute atomic E-state index is 0.0361. The number of carbonyl (C=O) groups is 2. The summed E-state index contributed by atoms with van der Waals surface area (Å²) in [4.78, 5) is 23.2. The average molecular weight is 348 g/mol. The van der Waals surface area contributed by atoms with Crippen LogP contribution in [0.2, 0.25) is 0 Å². The molecule has 1 unspecified atom stereocenters. The highest BCUT2D eigenvalue weighted by molar-refractivity contribution is 9.10. The van der Waals surface area contributed by atoms with Gasteiger partial charge in [0.2, 0.25) is 5.91 Å². The molecule has 0 fully saturated rings. The Morgan fingerprint density at radius 3 is 2.58 bits per heavy atom. The maximum atomic E-state index is 11.5. The number of thioether (sulfide) groups is 1. The molecule has 5 nitrogen and oxygen atoms in total. The quantitative estimate of drug-likeness (QED) is 0.735. The van der Waals surface area contributed by atoms with E-state index >= 15 is 0 Å². The van der Waals surface area contributed by atoms with E-state index in [0.717, 1.165) is 9.37 Å². The Bertz CT molecular complexity index is 438. The van der Waals surface area contributed by atoms with Crippen LogP contribution in [0.5, 0.6) is 0 Å². The molecule has 2 N–H and O–H groups in total. The highest BCUT2D eigenvalue weighted by Gasteiger charge is 2.16. The zero-order valence-corrected chi connectivity index (χ0v) is 12.7. The molecular formula is C12H14BrNO4S. The summed E-state index contributed by atoms with van der Waals surface area (Å²) in [5.74, 6) is -1.09. The molecule has 0 aliphatic carbocycles. The fourth-order valence-corrected chi connectivity index (χ4v) is 2.20. The molecule has 0 aliphatic rings. The molecular weight excluding hydrogens is 334 g/mol. The van der Waals surface area contributed by atoms with Crippen LogP contribution >= 0.6 is 27.7 Å². The number of aliphatic carboxylic acids is 1. The molecule has 1 rings (SSSR count). The van der Waals surface area contributed by atoms with E-state index in [1.807, 2.05) is 24.3 Å². The van der Waals surface area contributed by atoms with Crippen molar-refractivity contribution in [3.63, 3.8) is 0 Å². The van der Waals surface area contributed by atoms with Crippen molar-refractivity contribution >= 4 is 39.6 Å². The van der Waals surface area contributed by atoms with E-state index in [1.165, 1.54) is 18.9 Å². The van der Waals surface area contributed by atoms with Crippen molar-refractivity contribution in [2.45, 2.75) is 11.0 Å². The van der Waals surface area contributed by atoms with Crippen LogP contribution in [0.25, 0.3) is 0 Å². The summed E-state index contributed by atoms with van der Waals surface area (Å²) in [6.07, 6.45) is -1.01. The third-order valence-corrected chi connectivity index (χ3v) is 3.77. The van der Waals surface area contributed by atoms with Crippen LogP contribution in [0.1, 0.15) is 0 Å². The summed E-state index contributed by atoms with van der Waals surface area (Å²) < 4.78 is 5.69. The van der Waals surface area contributed by atoms with Crippen LogP contribution in [-0.4, -0.2) is 42.5 Å². The standard InChI is InChI=1S/C12H14BrNO4S/c1-18-10(12(16)17)6-14-11(15)7-19-9-4-2-8(13)3-5-9/h2-5,10H,6-7H2,1H3,(H,14,15)(H,16,17). The molecule has 0 radical (unpaired) electrons. The van der Waals surface area contributed by atoms with Gasteiger partial charge >= 0.3 is 5.97 Å². The van der Waals surface area contributed by atoms with Crippen molar-refractivity contribution in [2.75, 3.05) is 19.4 Å². The number of carbonyl (C=O) groups excluding carboxylic acids is 1. The second-order valence-electron chi connectivity index (χ2n) is 3.61. The van der Waals surface area contributed by atoms with E-state index in [-0.39, 0.29) is 18.2 Å². The molecule has 1 atom stereocenters. The van der Waals surface area contributed by atoms with Crippen molar-refractivity contribution in [1.82, 2.24) is 5.32 Å². The molecule has 1 amide bonds. The number of hydrogen-bond donors (Lipinski definition) is 2. The molecule has 1 aromatic carbocycles. The molecule has 0 heterocycles. The average Bonchev–Trinajstić information content (AvgIpc) is 2.38. The summed E-state index contributed by atoms with van der Waals surface area (Å²) in [6.45, 7) is -0.0361. The van der Waals surface area contributed by atoms with Gasteiger partial charge in [-0.05, 0) is 24.3 Å². The molecule has 19 heavy (non-hydrogen) atoms. The van der Waals surface area contributed by atoms with Gasteiger partial charge in [0.15, 0.2) is 6.10 Å². The first kappa shape index (κ1) is 16.0. The number of carboxylic acids is 1. The molecule has 0 aliphatic heterocycles. The normalized spacial score (nSPS) is 11.9. The molecule has 0 saturated heterocycles. The van der Waals surface area contributed by atoms with Gasteiger partial charge in [-0.25, -0.2) is 4.79 Å². The molecule has 7 heteroatoms. The Morgan fingerprint density at radius 1 is 1.42 bits per heavy atom. The fraction of sp³-hybridized carbons (Fsp3) is 0.333. The highest BCUT2D eigenvalue weighted by Crippen LogP contribution is 2.20. The number of halogens is 1. The first-order valence-electron chi connectivity index (χ1n) is 5.43. The zero-order chi connectivity index (χ0) is 14.3. The number of methoxy groups -OCH3 is 1. The van der Waals surface area contributed by atoms with Crippen molar-refractivity contribution in [3.05, 3.63) is 28.7 Å². The van der Waals surface area contributed by atoms with Gasteiger partial charge in [-0.1, -0.05) is 15.9 Å². The minimum atomic E-state index is -1.09. The Hall–Kier alpha value is -1.05. The van der Waals surface area contributed by atoms with Crippen molar-refractivity contribution in [1.29, 1.82) is 0 Å². The molecule has 1 aromatic rings. The summed E-state index contributed by atoms with van der Waals surface area (Å²) >= 11 is 4.71. The smallest absolute Gasteiger partial charge is 0.334 e. The SMILES string of the molecule is COC(CNC(=O)CSc1ccc(Br)cc1)C(=O)O. The summed E-state index contributed by atoms with van der Waals surface area (Å²) in [6, 6.07) is 7.59. The topological polar surface area (TPSA) is 75.6 Å². The maximum absolute atomic E-state index is 11.5. The third-order valence-electron chi connectivity index (χ3n) is 2.23. The Labute approximate surface area is 123 Å². The number of ether oxygens (including phenoxy) is 1. The highest BCUT2D eigenvalue weighted by atomic mass is 79.9. The Balaban J connectivity index is 2.31. The second kappa shape index (κ2) is 8.19. The summed E-state index contributed by atoms with van der Waals surface area (Å²) in [5, 5.41) is 11.3. The minimum Gasteiger partial charge on any atom is -0.479 e. The van der Waals surface area contributed by atoms with Crippen LogP contribution in [-0.2, 0) is 14.3 Å². The largest absolute Gasteiger partial charge is 0.479 e. The Morgan fingerprint density at radius 2 is 2.05 bits per heavy atom. The zero-order valence-electron chi connectivity index (χ0n) is 10.3. The van der Waals surface area contributed by atoms with Crippen LogP contribution < -0.4 is 5.32 Å². The van der Waals surface area contributed by atoms with Crippen molar-refractivity contribution < 1.29 is 19.4 Å². The number of nitrogens with one attached hydrogen (secondary N) is 1. The summed E-state index contributed by atoms with van der Waals surface area (Å²) in [7, 11) is 1.29. The van der Waals surface area contributed by atoms with Gasteiger partial charge in [-0.2, -0.15) is 0 Å². The van der Waals surface area contributed by atoms with Gasteiger partial charge in [0.1, 0.15) is 0 Å². The maximum Gasteiger partial charge on any atom is 0.334 e. The molecule has 0 aromatic heterocycles. The van der Waals surface area contributed by atoms with Crippen LogP contribution in [0.3, 0.4) is 0 Å². The lowest BCUT2D eigenvalue weighted by atomic mass is 10.3. The number of rotatable bonds is 7. The Kier molecular flexibility index (Phi) is 6.90. The molecule has 0 saturated carbocycles. The second-order valence-corrected chi connectivity index (χ2v) is 5.57. The number of benzene rings is 1. The van der Waals surface area contributed by atoms with Gasteiger partial charge in [-0.15, -0.1) is 11.8 Å². The summed E-state index contributed by atoms with van der Waals surface area (Å²) in [5.41, 5.74) is 0. The van der Waals surface area contributed by atoms with Crippen molar-refractivity contribution in [2.24, 2.45) is 0 Å². The molecule has 104 valence electrons. The van der Waals surface area contributed by atoms with E-state index in [1.54, 1.807) is 0 Å². The van der Waals surface area contributed by atoms with Gasteiger partial charge in [0.25, 0.3) is 0 Å². The predicted octanol–water partition coefficient (Wildman–Crippen LogP) is 1.76. The van der Waals surface area contributed by atoms with E-state index < -0.39 is 12.1 Å². The molecule has 0 spiro atoms. The van der Waals surface area contributed by atoms with Gasteiger partial charge in [-0.3, -0.25) is 4.79 Å². The van der Waals surface area contributed by atoms with E-state index in [9.17, 15) is 9.59 Å². The number of carboxylic acid groups (broad SMARTS) is 1. The van der Waals surface area contributed by atoms with E-state index in [2.05, 4.69) is 21.2 Å². The first-order chi connectivity index (χ1) is 9.02. The van der Waals surface area contributed by atoms with Crippen LogP contribution in [0.15, 0.2) is 33.6 Å². The lowest BCUT2D eigenvalue weighted by Gasteiger charge is -2.11. The lowest BCUT2D eigenvalue weighted by molar-refractivity contribution is -0.148.